The number of fused-ring (bicyclic) bond motifs is 1. The Balaban J connectivity index is 1.92. The van der Waals surface area contributed by atoms with Crippen molar-refractivity contribution in [3.8, 4) is 0 Å². The fraction of sp³-hybridized carbons (Fsp3) is 0.222. The molecule has 0 aliphatic carbocycles. The topological polar surface area (TPSA) is 46.4 Å². The standard InChI is InChI=1S/C18H17BrFN3O/c1-3-15-16(23-10-11(2)8-14(19)17(23)22-15)18(24)21-9-12-4-6-13(20)7-5-12/h4-8,10H,3,9H2,1-2H3,(H,21,24). The predicted molar refractivity (Wildman–Crippen MR) is 94.6 cm³/mol. The van der Waals surface area contributed by atoms with Crippen LogP contribution in [-0.4, -0.2) is 15.3 Å². The van der Waals surface area contributed by atoms with Gasteiger partial charge in [-0.2, -0.15) is 0 Å². The minimum absolute atomic E-state index is 0.193. The summed E-state index contributed by atoms with van der Waals surface area (Å²) in [6.07, 6.45) is 2.56. The Bertz CT molecular complexity index is 903. The number of rotatable bonds is 4. The highest BCUT2D eigenvalue weighted by Gasteiger charge is 2.19. The number of aryl methyl sites for hydroxylation is 2. The van der Waals surface area contributed by atoms with E-state index in [1.54, 1.807) is 12.1 Å². The molecule has 0 spiro atoms. The van der Waals surface area contributed by atoms with E-state index in [9.17, 15) is 9.18 Å². The summed E-state index contributed by atoms with van der Waals surface area (Å²) in [5, 5.41) is 2.89. The number of amides is 1. The molecule has 124 valence electrons. The highest BCUT2D eigenvalue weighted by molar-refractivity contribution is 9.10. The quantitative estimate of drug-likeness (QED) is 0.731. The van der Waals surface area contributed by atoms with Crippen molar-refractivity contribution in [2.45, 2.75) is 26.8 Å². The molecular weight excluding hydrogens is 373 g/mol. The number of carbonyl (C=O) groups is 1. The summed E-state index contributed by atoms with van der Waals surface area (Å²) in [6.45, 7) is 4.28. The molecule has 2 heterocycles. The van der Waals surface area contributed by atoms with E-state index in [1.165, 1.54) is 12.1 Å². The van der Waals surface area contributed by atoms with Crippen molar-refractivity contribution in [2.24, 2.45) is 0 Å². The zero-order valence-corrected chi connectivity index (χ0v) is 15.0. The number of aromatic nitrogens is 2. The summed E-state index contributed by atoms with van der Waals surface area (Å²) in [6, 6.07) is 8.06. The molecule has 1 aromatic carbocycles. The third kappa shape index (κ3) is 3.19. The number of halogens is 2. The van der Waals surface area contributed by atoms with Crippen LogP contribution in [0.1, 0.15) is 34.2 Å². The van der Waals surface area contributed by atoms with Crippen LogP contribution < -0.4 is 5.32 Å². The third-order valence-corrected chi connectivity index (χ3v) is 4.38. The van der Waals surface area contributed by atoms with E-state index in [2.05, 4.69) is 26.2 Å². The number of nitrogens with zero attached hydrogens (tertiary/aromatic N) is 2. The maximum atomic E-state index is 13.0. The second-order valence-corrected chi connectivity index (χ2v) is 6.48. The highest BCUT2D eigenvalue weighted by atomic mass is 79.9. The zero-order valence-electron chi connectivity index (χ0n) is 13.4. The largest absolute Gasteiger partial charge is 0.347 e. The molecule has 4 nitrogen and oxygen atoms in total. The Morgan fingerprint density at radius 1 is 1.33 bits per heavy atom. The zero-order chi connectivity index (χ0) is 17.3. The molecule has 1 N–H and O–H groups in total. The van der Waals surface area contributed by atoms with Gasteiger partial charge in [0.2, 0.25) is 0 Å². The molecule has 0 aliphatic rings. The van der Waals surface area contributed by atoms with Crippen molar-refractivity contribution >= 4 is 27.5 Å². The smallest absolute Gasteiger partial charge is 0.270 e. The van der Waals surface area contributed by atoms with Gasteiger partial charge >= 0.3 is 0 Å². The lowest BCUT2D eigenvalue weighted by molar-refractivity contribution is 0.0944. The molecule has 0 saturated heterocycles. The normalized spacial score (nSPS) is 11.0. The monoisotopic (exact) mass is 389 g/mol. The van der Waals surface area contributed by atoms with Crippen LogP contribution >= 0.6 is 15.9 Å². The summed E-state index contributed by atoms with van der Waals surface area (Å²) in [4.78, 5) is 17.3. The Kier molecular flexibility index (Phi) is 4.66. The maximum absolute atomic E-state index is 13.0. The van der Waals surface area contributed by atoms with E-state index in [-0.39, 0.29) is 11.7 Å². The van der Waals surface area contributed by atoms with Gasteiger partial charge in [0.25, 0.3) is 5.91 Å². The molecule has 1 amide bonds. The second kappa shape index (κ2) is 6.73. The van der Waals surface area contributed by atoms with Crippen LogP contribution in [0, 0.1) is 12.7 Å². The van der Waals surface area contributed by atoms with Crippen LogP contribution in [0.25, 0.3) is 5.65 Å². The fourth-order valence-electron chi connectivity index (χ4n) is 2.63. The molecule has 0 unspecified atom stereocenters. The first-order valence-corrected chi connectivity index (χ1v) is 8.48. The summed E-state index contributed by atoms with van der Waals surface area (Å²) in [7, 11) is 0. The van der Waals surface area contributed by atoms with Crippen molar-refractivity contribution in [3.05, 3.63) is 69.3 Å². The van der Waals surface area contributed by atoms with Crippen molar-refractivity contribution in [1.29, 1.82) is 0 Å². The van der Waals surface area contributed by atoms with Crippen LogP contribution in [0.15, 0.2) is 41.0 Å². The molecule has 24 heavy (non-hydrogen) atoms. The Hall–Kier alpha value is -2.21. The molecule has 0 bridgehead atoms. The van der Waals surface area contributed by atoms with Gasteiger partial charge in [-0.1, -0.05) is 19.1 Å². The number of nitrogens with one attached hydrogen (secondary N) is 1. The van der Waals surface area contributed by atoms with Gasteiger partial charge in [-0.05, 0) is 58.6 Å². The minimum Gasteiger partial charge on any atom is -0.347 e. The summed E-state index contributed by atoms with van der Waals surface area (Å²) < 4.78 is 15.6. The van der Waals surface area contributed by atoms with Crippen LogP contribution in [-0.2, 0) is 13.0 Å². The fourth-order valence-corrected chi connectivity index (χ4v) is 3.28. The van der Waals surface area contributed by atoms with E-state index in [1.807, 2.05) is 30.5 Å². The third-order valence-electron chi connectivity index (χ3n) is 3.80. The first kappa shape index (κ1) is 16.6. The van der Waals surface area contributed by atoms with E-state index < -0.39 is 0 Å². The van der Waals surface area contributed by atoms with Gasteiger partial charge < -0.3 is 5.32 Å². The summed E-state index contributed by atoms with van der Waals surface area (Å²) >= 11 is 3.51. The van der Waals surface area contributed by atoms with Gasteiger partial charge in [0, 0.05) is 12.7 Å². The average molecular weight is 390 g/mol. The molecule has 0 aliphatic heterocycles. The van der Waals surface area contributed by atoms with E-state index in [0.29, 0.717) is 18.7 Å². The molecule has 0 fully saturated rings. The number of pyridine rings is 1. The SMILES string of the molecule is CCc1nc2c(Br)cc(C)cn2c1C(=O)NCc1ccc(F)cc1. The Labute approximate surface area is 147 Å². The summed E-state index contributed by atoms with van der Waals surface area (Å²) in [5.41, 5.74) is 3.89. The molecule has 2 aromatic heterocycles. The average Bonchev–Trinajstić information content (AvgIpc) is 2.93. The van der Waals surface area contributed by atoms with E-state index in [4.69, 9.17) is 0 Å². The van der Waals surface area contributed by atoms with Gasteiger partial charge in [0.15, 0.2) is 5.65 Å². The van der Waals surface area contributed by atoms with E-state index in [0.717, 1.165) is 26.9 Å². The maximum Gasteiger partial charge on any atom is 0.270 e. The van der Waals surface area contributed by atoms with Gasteiger partial charge in [0.05, 0.1) is 10.2 Å². The number of hydrogen-bond acceptors (Lipinski definition) is 2. The van der Waals surface area contributed by atoms with Crippen molar-refractivity contribution in [3.63, 3.8) is 0 Å². The van der Waals surface area contributed by atoms with Crippen molar-refractivity contribution in [2.75, 3.05) is 0 Å². The lowest BCUT2D eigenvalue weighted by atomic mass is 10.2. The number of hydrogen-bond donors (Lipinski definition) is 1. The van der Waals surface area contributed by atoms with Crippen LogP contribution in [0.2, 0.25) is 0 Å². The van der Waals surface area contributed by atoms with Crippen molar-refractivity contribution in [1.82, 2.24) is 14.7 Å². The molecular formula is C18H17BrFN3O. The first-order chi connectivity index (χ1) is 11.5. The van der Waals surface area contributed by atoms with Gasteiger partial charge in [-0.15, -0.1) is 0 Å². The van der Waals surface area contributed by atoms with Crippen LogP contribution in [0.4, 0.5) is 4.39 Å². The number of imidazole rings is 1. The molecule has 0 saturated carbocycles. The number of benzene rings is 1. The second-order valence-electron chi connectivity index (χ2n) is 5.63. The molecule has 6 heteroatoms. The van der Waals surface area contributed by atoms with Gasteiger partial charge in [-0.3, -0.25) is 9.20 Å². The molecule has 0 radical (unpaired) electrons. The van der Waals surface area contributed by atoms with Gasteiger partial charge in [0.1, 0.15) is 11.5 Å². The van der Waals surface area contributed by atoms with Crippen LogP contribution in [0.5, 0.6) is 0 Å². The Morgan fingerprint density at radius 2 is 2.04 bits per heavy atom. The lowest BCUT2D eigenvalue weighted by Gasteiger charge is -2.08. The molecule has 0 atom stereocenters. The van der Waals surface area contributed by atoms with E-state index >= 15 is 0 Å². The lowest BCUT2D eigenvalue weighted by Crippen LogP contribution is -2.25. The number of carbonyl (C=O) groups excluding carboxylic acids is 1. The van der Waals surface area contributed by atoms with Crippen LogP contribution in [0.3, 0.4) is 0 Å². The Morgan fingerprint density at radius 3 is 2.71 bits per heavy atom. The van der Waals surface area contributed by atoms with Gasteiger partial charge in [-0.25, -0.2) is 9.37 Å². The minimum atomic E-state index is -0.291. The highest BCUT2D eigenvalue weighted by Crippen LogP contribution is 2.23. The summed E-state index contributed by atoms with van der Waals surface area (Å²) in [5.74, 6) is -0.485. The molecule has 3 aromatic rings. The first-order valence-electron chi connectivity index (χ1n) is 7.69. The van der Waals surface area contributed by atoms with Crippen molar-refractivity contribution < 1.29 is 9.18 Å². The molecule has 3 rings (SSSR count). The predicted octanol–water partition coefficient (Wildman–Crippen LogP) is 4.04.